The fourth-order valence-electron chi connectivity index (χ4n) is 1.82. The Balaban J connectivity index is 1.95. The van der Waals surface area contributed by atoms with Crippen LogP contribution in [0.2, 0.25) is 0 Å². The van der Waals surface area contributed by atoms with Crippen molar-refractivity contribution in [2.24, 2.45) is 5.92 Å². The molecule has 0 bridgehead atoms. The van der Waals surface area contributed by atoms with Crippen molar-refractivity contribution in [3.63, 3.8) is 0 Å². The second-order valence-corrected chi connectivity index (χ2v) is 4.44. The van der Waals surface area contributed by atoms with Gasteiger partial charge in [-0.05, 0) is 37.9 Å². The van der Waals surface area contributed by atoms with Crippen molar-refractivity contribution in [3.05, 3.63) is 5.89 Å². The molecule has 1 atom stereocenters. The van der Waals surface area contributed by atoms with Crippen LogP contribution in [0.4, 0.5) is 5.95 Å². The van der Waals surface area contributed by atoms with Crippen molar-refractivity contribution in [1.82, 2.24) is 15.5 Å². The molecule has 5 nitrogen and oxygen atoms in total. The lowest BCUT2D eigenvalue weighted by Crippen LogP contribution is -2.29. The molecule has 0 radical (unpaired) electrons. The van der Waals surface area contributed by atoms with Crippen molar-refractivity contribution in [3.8, 4) is 0 Å². The van der Waals surface area contributed by atoms with Crippen LogP contribution in [0.1, 0.15) is 25.7 Å². The Kier molecular flexibility index (Phi) is 3.43. The van der Waals surface area contributed by atoms with Crippen LogP contribution in [0.5, 0.6) is 0 Å². The Morgan fingerprint density at radius 1 is 1.56 bits per heavy atom. The minimum Gasteiger partial charge on any atom is -0.342 e. The molecular weight excluding hydrogens is 204 g/mol. The summed E-state index contributed by atoms with van der Waals surface area (Å²) in [5.41, 5.74) is 0. The van der Waals surface area contributed by atoms with Crippen molar-refractivity contribution in [1.29, 1.82) is 0 Å². The molecule has 90 valence electrons. The lowest BCUT2D eigenvalue weighted by Gasteiger charge is -2.12. The number of nitrogens with zero attached hydrogens (tertiary/aromatic N) is 3. The topological polar surface area (TPSA) is 54.2 Å². The monoisotopic (exact) mass is 224 g/mol. The van der Waals surface area contributed by atoms with Crippen LogP contribution in [0.15, 0.2) is 4.52 Å². The lowest BCUT2D eigenvalue weighted by atomic mass is 10.1. The number of hydrogen-bond donors (Lipinski definition) is 1. The van der Waals surface area contributed by atoms with Crippen LogP contribution in [0.25, 0.3) is 0 Å². The van der Waals surface area contributed by atoms with E-state index in [1.54, 1.807) is 0 Å². The molecular formula is C11H20N4O. The quantitative estimate of drug-likeness (QED) is 0.783. The molecule has 1 aromatic heterocycles. The van der Waals surface area contributed by atoms with Gasteiger partial charge in [-0.1, -0.05) is 0 Å². The van der Waals surface area contributed by atoms with E-state index in [1.165, 1.54) is 12.8 Å². The number of rotatable bonds is 6. The Labute approximate surface area is 96.2 Å². The third-order valence-corrected chi connectivity index (χ3v) is 3.23. The van der Waals surface area contributed by atoms with E-state index in [1.807, 2.05) is 19.0 Å². The standard InChI is InChI=1S/C11H20N4O/c1-4-15(3)11-13-10(16-14-11)7-9(12-2)8-5-6-8/h8-9,12H,4-7H2,1-3H3. The maximum Gasteiger partial charge on any atom is 0.265 e. The zero-order valence-electron chi connectivity index (χ0n) is 10.2. The van der Waals surface area contributed by atoms with Gasteiger partial charge in [0.05, 0.1) is 0 Å². The Bertz CT molecular complexity index is 334. The van der Waals surface area contributed by atoms with Crippen LogP contribution in [-0.2, 0) is 6.42 Å². The molecule has 1 heterocycles. The van der Waals surface area contributed by atoms with Gasteiger partial charge in [0.15, 0.2) is 0 Å². The van der Waals surface area contributed by atoms with E-state index in [0.29, 0.717) is 12.0 Å². The van der Waals surface area contributed by atoms with E-state index in [4.69, 9.17) is 4.52 Å². The molecule has 0 aromatic carbocycles. The average molecular weight is 224 g/mol. The smallest absolute Gasteiger partial charge is 0.265 e. The first-order valence-corrected chi connectivity index (χ1v) is 5.95. The number of likely N-dealkylation sites (N-methyl/N-ethyl adjacent to an activating group) is 1. The average Bonchev–Trinajstić information content (AvgIpc) is 3.04. The van der Waals surface area contributed by atoms with E-state index < -0.39 is 0 Å². The predicted molar refractivity (Wildman–Crippen MR) is 62.5 cm³/mol. The van der Waals surface area contributed by atoms with Gasteiger partial charge in [0.25, 0.3) is 5.95 Å². The van der Waals surface area contributed by atoms with Crippen molar-refractivity contribution in [2.75, 3.05) is 25.5 Å². The SMILES string of the molecule is CCN(C)c1noc(CC(NC)C2CC2)n1. The van der Waals surface area contributed by atoms with Crippen molar-refractivity contribution in [2.45, 2.75) is 32.2 Å². The maximum atomic E-state index is 5.26. The highest BCUT2D eigenvalue weighted by Crippen LogP contribution is 2.33. The molecule has 16 heavy (non-hydrogen) atoms. The molecule has 0 aliphatic heterocycles. The Hall–Kier alpha value is -1.10. The summed E-state index contributed by atoms with van der Waals surface area (Å²) in [6, 6.07) is 0.486. The molecule has 1 saturated carbocycles. The molecule has 1 unspecified atom stereocenters. The summed E-state index contributed by atoms with van der Waals surface area (Å²) in [5, 5.41) is 7.29. The molecule has 1 aliphatic rings. The minimum absolute atomic E-state index is 0.486. The highest BCUT2D eigenvalue weighted by molar-refractivity contribution is 5.25. The molecule has 0 saturated heterocycles. The fraction of sp³-hybridized carbons (Fsp3) is 0.818. The summed E-state index contributed by atoms with van der Waals surface area (Å²) in [4.78, 5) is 6.36. The summed E-state index contributed by atoms with van der Waals surface area (Å²) in [6.45, 7) is 2.95. The first kappa shape index (κ1) is 11.4. The van der Waals surface area contributed by atoms with E-state index in [2.05, 4.69) is 22.4 Å². The summed E-state index contributed by atoms with van der Waals surface area (Å²) in [5.74, 6) is 2.22. The molecule has 1 fully saturated rings. The lowest BCUT2D eigenvalue weighted by molar-refractivity contribution is 0.352. The molecule has 0 spiro atoms. The van der Waals surface area contributed by atoms with E-state index in [9.17, 15) is 0 Å². The van der Waals surface area contributed by atoms with Gasteiger partial charge in [-0.15, -0.1) is 0 Å². The molecule has 1 N–H and O–H groups in total. The largest absolute Gasteiger partial charge is 0.342 e. The van der Waals surface area contributed by atoms with Gasteiger partial charge < -0.3 is 14.7 Å². The first-order chi connectivity index (χ1) is 7.74. The number of aromatic nitrogens is 2. The summed E-state index contributed by atoms with van der Waals surface area (Å²) in [6.07, 6.45) is 3.48. The minimum atomic E-state index is 0.486. The number of anilines is 1. The van der Waals surface area contributed by atoms with E-state index in [0.717, 1.165) is 24.8 Å². The van der Waals surface area contributed by atoms with Crippen LogP contribution in [0.3, 0.4) is 0 Å². The van der Waals surface area contributed by atoms with Crippen LogP contribution < -0.4 is 10.2 Å². The Morgan fingerprint density at radius 2 is 2.31 bits per heavy atom. The first-order valence-electron chi connectivity index (χ1n) is 5.95. The van der Waals surface area contributed by atoms with E-state index >= 15 is 0 Å². The molecule has 5 heteroatoms. The zero-order chi connectivity index (χ0) is 11.5. The van der Waals surface area contributed by atoms with Crippen LogP contribution in [-0.4, -0.2) is 36.8 Å². The Morgan fingerprint density at radius 3 is 2.88 bits per heavy atom. The van der Waals surface area contributed by atoms with Gasteiger partial charge in [0, 0.05) is 26.1 Å². The third kappa shape index (κ3) is 2.52. The normalized spacial score (nSPS) is 17.4. The molecule has 0 amide bonds. The molecule has 1 aliphatic carbocycles. The van der Waals surface area contributed by atoms with E-state index in [-0.39, 0.29) is 0 Å². The summed E-state index contributed by atoms with van der Waals surface area (Å²) < 4.78 is 5.26. The molecule has 2 rings (SSSR count). The van der Waals surface area contributed by atoms with Gasteiger partial charge in [-0.3, -0.25) is 0 Å². The third-order valence-electron chi connectivity index (χ3n) is 3.23. The predicted octanol–water partition coefficient (Wildman–Crippen LogP) is 1.07. The van der Waals surface area contributed by atoms with Crippen molar-refractivity contribution < 1.29 is 4.52 Å². The van der Waals surface area contributed by atoms with Gasteiger partial charge >= 0.3 is 0 Å². The number of hydrogen-bond acceptors (Lipinski definition) is 5. The van der Waals surface area contributed by atoms with Gasteiger partial charge in [0.2, 0.25) is 5.89 Å². The van der Waals surface area contributed by atoms with Gasteiger partial charge in [-0.2, -0.15) is 4.98 Å². The maximum absolute atomic E-state index is 5.26. The second-order valence-electron chi connectivity index (χ2n) is 4.44. The van der Waals surface area contributed by atoms with Crippen LogP contribution >= 0.6 is 0 Å². The summed E-state index contributed by atoms with van der Waals surface area (Å²) in [7, 11) is 3.96. The fourth-order valence-corrected chi connectivity index (χ4v) is 1.82. The van der Waals surface area contributed by atoms with Crippen LogP contribution in [0, 0.1) is 5.92 Å². The highest BCUT2D eigenvalue weighted by atomic mass is 16.5. The van der Waals surface area contributed by atoms with Gasteiger partial charge in [-0.25, -0.2) is 0 Å². The molecule has 1 aromatic rings. The van der Waals surface area contributed by atoms with Gasteiger partial charge in [0.1, 0.15) is 0 Å². The zero-order valence-corrected chi connectivity index (χ0v) is 10.2. The summed E-state index contributed by atoms with van der Waals surface area (Å²) >= 11 is 0. The second kappa shape index (κ2) is 4.82. The highest BCUT2D eigenvalue weighted by Gasteiger charge is 2.31. The van der Waals surface area contributed by atoms with Crippen molar-refractivity contribution >= 4 is 5.95 Å². The number of nitrogens with one attached hydrogen (secondary N) is 1.